The molecule has 2 aromatic carbocycles. The third-order valence-electron chi connectivity index (χ3n) is 5.44. The van der Waals surface area contributed by atoms with Crippen molar-refractivity contribution in [2.24, 2.45) is 5.92 Å². The molecule has 1 amide bonds. The van der Waals surface area contributed by atoms with E-state index in [1.807, 2.05) is 24.3 Å². The Morgan fingerprint density at radius 1 is 1.17 bits per heavy atom. The van der Waals surface area contributed by atoms with Crippen LogP contribution in [0, 0.1) is 5.92 Å². The highest BCUT2D eigenvalue weighted by Crippen LogP contribution is 2.51. The molecule has 1 N–H and O–H groups in total. The average molecular weight is 445 g/mol. The number of amides is 1. The lowest BCUT2D eigenvalue weighted by molar-refractivity contribution is -0.119. The first-order valence-electron chi connectivity index (χ1n) is 10.5. The normalized spacial score (nSPS) is 19.3. The molecule has 1 unspecified atom stereocenters. The number of carbonyl (C=O) groups is 1. The summed E-state index contributed by atoms with van der Waals surface area (Å²) < 4.78 is 0. The molecule has 7 heteroatoms. The summed E-state index contributed by atoms with van der Waals surface area (Å²) >= 11 is 7.99. The molecular weight excluding hydrogens is 416 g/mol. The van der Waals surface area contributed by atoms with Crippen molar-refractivity contribution in [1.82, 2.24) is 10.2 Å². The van der Waals surface area contributed by atoms with E-state index < -0.39 is 0 Å². The van der Waals surface area contributed by atoms with Crippen LogP contribution in [0.3, 0.4) is 0 Å². The van der Waals surface area contributed by atoms with Crippen molar-refractivity contribution < 1.29 is 4.79 Å². The van der Waals surface area contributed by atoms with Gasteiger partial charge < -0.3 is 15.1 Å². The molecule has 2 heterocycles. The van der Waals surface area contributed by atoms with E-state index in [1.54, 1.807) is 18.7 Å². The Balaban J connectivity index is 1.67. The van der Waals surface area contributed by atoms with Crippen LogP contribution in [0.1, 0.15) is 20.8 Å². The number of para-hydroxylation sites is 1. The zero-order chi connectivity index (χ0) is 21.3. The van der Waals surface area contributed by atoms with E-state index in [4.69, 9.17) is 11.6 Å². The molecule has 0 bridgehead atoms. The smallest absolute Gasteiger partial charge is 0.219 e. The number of nitrogens with one attached hydrogen (secondary N) is 1. The molecule has 1 atom stereocenters. The van der Waals surface area contributed by atoms with Gasteiger partial charge >= 0.3 is 0 Å². The van der Waals surface area contributed by atoms with E-state index in [1.165, 1.54) is 10.6 Å². The molecule has 160 valence electrons. The van der Waals surface area contributed by atoms with Crippen LogP contribution in [-0.2, 0) is 4.79 Å². The van der Waals surface area contributed by atoms with Gasteiger partial charge in [0.25, 0.3) is 0 Å². The summed E-state index contributed by atoms with van der Waals surface area (Å²) in [6.07, 6.45) is 0. The van der Waals surface area contributed by atoms with Crippen molar-refractivity contribution in [1.29, 1.82) is 0 Å². The second kappa shape index (κ2) is 9.08. The molecule has 2 aromatic rings. The second-order valence-corrected chi connectivity index (χ2v) is 9.88. The van der Waals surface area contributed by atoms with Crippen molar-refractivity contribution in [2.45, 2.75) is 31.2 Å². The van der Waals surface area contributed by atoms with Crippen LogP contribution >= 0.6 is 23.4 Å². The van der Waals surface area contributed by atoms with E-state index in [0.29, 0.717) is 10.9 Å². The maximum atomic E-state index is 11.9. The molecule has 2 aliphatic heterocycles. The Bertz CT molecular complexity index is 914. The van der Waals surface area contributed by atoms with Crippen molar-refractivity contribution in [2.75, 3.05) is 42.5 Å². The first kappa shape index (κ1) is 21.3. The lowest BCUT2D eigenvalue weighted by Crippen LogP contribution is -2.48. The van der Waals surface area contributed by atoms with E-state index in [0.717, 1.165) is 44.1 Å². The number of anilines is 3. The standard InChI is InChI=1S/C23H29ClN4OS/c1-16(2)15-26-10-12-27(13-11-26)20-8-5-9-21-22(20)28(23(30-21)25-17(3)29)19-7-4-6-18(24)14-19/h4-9,14,16,23H,10-13,15H2,1-3H3,(H,25,29). The first-order valence-corrected chi connectivity index (χ1v) is 11.8. The number of halogens is 1. The third kappa shape index (κ3) is 4.56. The topological polar surface area (TPSA) is 38.8 Å². The van der Waals surface area contributed by atoms with Crippen molar-refractivity contribution in [3.63, 3.8) is 0 Å². The Morgan fingerprint density at radius 2 is 1.90 bits per heavy atom. The second-order valence-electron chi connectivity index (χ2n) is 8.33. The first-order chi connectivity index (χ1) is 14.4. The predicted octanol–water partition coefficient (Wildman–Crippen LogP) is 4.78. The molecule has 0 aromatic heterocycles. The molecule has 30 heavy (non-hydrogen) atoms. The highest BCUT2D eigenvalue weighted by molar-refractivity contribution is 8.00. The number of thioether (sulfide) groups is 1. The average Bonchev–Trinajstić information content (AvgIpc) is 3.05. The highest BCUT2D eigenvalue weighted by Gasteiger charge is 2.35. The molecule has 1 fully saturated rings. The van der Waals surface area contributed by atoms with Gasteiger partial charge in [0, 0.05) is 55.3 Å². The molecular formula is C23H29ClN4OS. The molecule has 0 aliphatic carbocycles. The van der Waals surface area contributed by atoms with Crippen molar-refractivity contribution in [3.8, 4) is 0 Å². The molecule has 0 spiro atoms. The Morgan fingerprint density at radius 3 is 2.57 bits per heavy atom. The number of piperazine rings is 1. The number of nitrogens with zero attached hydrogens (tertiary/aromatic N) is 3. The predicted molar refractivity (Wildman–Crippen MR) is 127 cm³/mol. The fraction of sp³-hybridized carbons (Fsp3) is 0.435. The number of fused-ring (bicyclic) bond motifs is 1. The van der Waals surface area contributed by atoms with E-state index in [-0.39, 0.29) is 11.4 Å². The van der Waals surface area contributed by atoms with Crippen LogP contribution < -0.4 is 15.1 Å². The summed E-state index contributed by atoms with van der Waals surface area (Å²) in [5.41, 5.74) is 3.16. The Labute approximate surface area is 188 Å². The SMILES string of the molecule is CC(=O)NC1Sc2cccc(N3CCN(CC(C)C)CC3)c2N1c1cccc(Cl)c1. The van der Waals surface area contributed by atoms with E-state index in [9.17, 15) is 4.79 Å². The summed E-state index contributed by atoms with van der Waals surface area (Å²) in [6, 6.07) is 14.3. The highest BCUT2D eigenvalue weighted by atomic mass is 35.5. The monoisotopic (exact) mass is 444 g/mol. The lowest BCUT2D eigenvalue weighted by atomic mass is 10.1. The van der Waals surface area contributed by atoms with Crippen LogP contribution in [0.15, 0.2) is 47.4 Å². The third-order valence-corrected chi connectivity index (χ3v) is 6.81. The van der Waals surface area contributed by atoms with Crippen molar-refractivity contribution >= 4 is 46.3 Å². The molecule has 4 rings (SSSR count). The van der Waals surface area contributed by atoms with Gasteiger partial charge in [-0.1, -0.05) is 49.3 Å². The minimum absolute atomic E-state index is 0.0452. The summed E-state index contributed by atoms with van der Waals surface area (Å²) in [7, 11) is 0. The number of hydrogen-bond acceptors (Lipinski definition) is 5. The van der Waals surface area contributed by atoms with Gasteiger partial charge in [0.1, 0.15) is 0 Å². The van der Waals surface area contributed by atoms with Crippen LogP contribution in [0.25, 0.3) is 0 Å². The van der Waals surface area contributed by atoms with Gasteiger partial charge in [0.2, 0.25) is 5.91 Å². The minimum atomic E-state index is -0.195. The van der Waals surface area contributed by atoms with Gasteiger partial charge in [-0.25, -0.2) is 0 Å². The number of hydrogen-bond donors (Lipinski definition) is 1. The largest absolute Gasteiger partial charge is 0.367 e. The van der Waals surface area contributed by atoms with Crippen molar-refractivity contribution in [3.05, 3.63) is 47.5 Å². The van der Waals surface area contributed by atoms with Gasteiger partial charge in [0.15, 0.2) is 5.50 Å². The van der Waals surface area contributed by atoms with Crippen LogP contribution in [0.5, 0.6) is 0 Å². The van der Waals surface area contributed by atoms with Gasteiger partial charge in [-0.15, -0.1) is 0 Å². The van der Waals surface area contributed by atoms with Crippen LogP contribution in [0.4, 0.5) is 17.1 Å². The van der Waals surface area contributed by atoms with E-state index >= 15 is 0 Å². The maximum Gasteiger partial charge on any atom is 0.219 e. The molecule has 0 radical (unpaired) electrons. The van der Waals surface area contributed by atoms with Gasteiger partial charge in [-0.3, -0.25) is 9.69 Å². The number of carbonyl (C=O) groups excluding carboxylic acids is 1. The quantitative estimate of drug-likeness (QED) is 0.718. The van der Waals surface area contributed by atoms with Gasteiger partial charge in [-0.2, -0.15) is 0 Å². The zero-order valence-corrected chi connectivity index (χ0v) is 19.3. The van der Waals surface area contributed by atoms with Crippen LogP contribution in [0.2, 0.25) is 5.02 Å². The van der Waals surface area contributed by atoms with Gasteiger partial charge in [0.05, 0.1) is 11.4 Å². The molecule has 2 aliphatic rings. The maximum absolute atomic E-state index is 11.9. The fourth-order valence-corrected chi connectivity index (χ4v) is 5.69. The fourth-order valence-electron chi connectivity index (χ4n) is 4.24. The van der Waals surface area contributed by atoms with Crippen LogP contribution in [-0.4, -0.2) is 49.0 Å². The zero-order valence-electron chi connectivity index (χ0n) is 17.8. The lowest BCUT2D eigenvalue weighted by Gasteiger charge is -2.38. The summed E-state index contributed by atoms with van der Waals surface area (Å²) in [6.45, 7) is 11.4. The minimum Gasteiger partial charge on any atom is -0.367 e. The number of rotatable bonds is 5. The van der Waals surface area contributed by atoms with E-state index in [2.05, 4.69) is 52.1 Å². The number of benzene rings is 2. The molecule has 5 nitrogen and oxygen atoms in total. The van der Waals surface area contributed by atoms with Gasteiger partial charge in [-0.05, 0) is 36.2 Å². The molecule has 1 saturated heterocycles. The Hall–Kier alpha value is -1.89. The summed E-state index contributed by atoms with van der Waals surface area (Å²) in [5.74, 6) is 0.641. The summed E-state index contributed by atoms with van der Waals surface area (Å²) in [4.78, 5) is 20.3. The Kier molecular flexibility index (Phi) is 6.46. The molecule has 0 saturated carbocycles. The summed E-state index contributed by atoms with van der Waals surface area (Å²) in [5, 5.41) is 3.78.